The SMILES string of the molecule is CCCCC/C=C\C/C=C\CCCCCCCC(=O)O[C@H](COC(=O)CCCCCCC/C=C\C=C/CCCCCC)COP(=O)(O)OC[C@@H](O)COP(=O)(O)OC[C@@H](COC(=O)CCCCCCC/C=C\CCCCCCCC)OC(=O)CCCCCCC/C=C\CCCCCCCC. The van der Waals surface area contributed by atoms with Gasteiger partial charge in [-0.25, -0.2) is 9.13 Å². The molecular formula is C81H146O17P2. The number of hydrogen-bond acceptors (Lipinski definition) is 15. The smallest absolute Gasteiger partial charge is 0.462 e. The fraction of sp³-hybridized carbons (Fsp3) is 0.802. The Morgan fingerprint density at radius 1 is 0.290 bits per heavy atom. The number of rotatable bonds is 76. The van der Waals surface area contributed by atoms with Crippen LogP contribution in [0.4, 0.5) is 0 Å². The van der Waals surface area contributed by atoms with Crippen molar-refractivity contribution in [2.75, 3.05) is 39.6 Å². The van der Waals surface area contributed by atoms with Gasteiger partial charge in [0.25, 0.3) is 0 Å². The highest BCUT2D eigenvalue weighted by molar-refractivity contribution is 7.47. The van der Waals surface area contributed by atoms with E-state index < -0.39 is 97.5 Å². The van der Waals surface area contributed by atoms with Gasteiger partial charge in [0.15, 0.2) is 12.2 Å². The average molecular weight is 1450 g/mol. The number of allylic oxidation sites excluding steroid dienone is 12. The predicted molar refractivity (Wildman–Crippen MR) is 409 cm³/mol. The van der Waals surface area contributed by atoms with Crippen molar-refractivity contribution in [3.05, 3.63) is 72.9 Å². The summed E-state index contributed by atoms with van der Waals surface area (Å²) >= 11 is 0. The first-order valence-corrected chi connectivity index (χ1v) is 43.2. The van der Waals surface area contributed by atoms with E-state index in [1.54, 1.807) is 0 Å². The van der Waals surface area contributed by atoms with Crippen LogP contribution in [0.2, 0.25) is 0 Å². The second kappa shape index (κ2) is 73.8. The minimum atomic E-state index is -4.98. The van der Waals surface area contributed by atoms with Crippen LogP contribution in [0.25, 0.3) is 0 Å². The van der Waals surface area contributed by atoms with Crippen molar-refractivity contribution in [3.8, 4) is 0 Å². The van der Waals surface area contributed by atoms with Gasteiger partial charge < -0.3 is 33.8 Å². The summed E-state index contributed by atoms with van der Waals surface area (Å²) < 4.78 is 68.6. The standard InChI is InChI=1S/C81H146O17P2/c1-5-9-13-17-21-25-29-33-37-41-45-49-53-57-61-65-78(83)91-71-76(97-80(85)67-63-59-55-51-47-43-39-35-31-27-23-19-15-11-7-3)73-95-99(87,88)93-69-75(82)70-94-100(89,90)96-74-77(98-81(86)68-64-60-56-52-48-44-40-36-32-28-24-20-16-12-8-4)72-92-79(84)66-62-58-54-50-46-42-38-34-30-26-22-18-14-10-6-2/h23,25,27,29,33-40,75-77,82H,5-22,24,26,28,30-32,41-74H2,1-4H3,(H,87,88)(H,89,90)/b27-23-,29-25-,37-33-,38-34-,39-35-,40-36-/t75-,76-,77-/m1/s1. The van der Waals surface area contributed by atoms with Crippen LogP contribution in [0.1, 0.15) is 362 Å². The lowest BCUT2D eigenvalue weighted by Gasteiger charge is -2.21. The number of unbranched alkanes of at least 4 members (excludes halogenated alkanes) is 39. The Balaban J connectivity index is 5.37. The van der Waals surface area contributed by atoms with Crippen LogP contribution in [-0.4, -0.2) is 96.7 Å². The molecule has 19 heteroatoms. The Bertz CT molecular complexity index is 2180. The van der Waals surface area contributed by atoms with Gasteiger partial charge in [-0.05, 0) is 135 Å². The normalized spacial score (nSPS) is 14.3. The summed E-state index contributed by atoms with van der Waals surface area (Å²) in [4.78, 5) is 73.0. The quantitative estimate of drug-likeness (QED) is 0.0128. The Morgan fingerprint density at radius 2 is 0.520 bits per heavy atom. The lowest BCUT2D eigenvalue weighted by atomic mass is 10.1. The van der Waals surface area contributed by atoms with Gasteiger partial charge in [-0.1, -0.05) is 274 Å². The molecule has 0 bridgehead atoms. The monoisotopic (exact) mass is 1450 g/mol. The third-order valence-corrected chi connectivity index (χ3v) is 19.0. The molecule has 0 saturated heterocycles. The first-order chi connectivity index (χ1) is 48.7. The molecule has 0 amide bonds. The lowest BCUT2D eigenvalue weighted by Crippen LogP contribution is -2.30. The van der Waals surface area contributed by atoms with Crippen LogP contribution in [0, 0.1) is 0 Å². The summed E-state index contributed by atoms with van der Waals surface area (Å²) in [5.74, 6) is -2.20. The largest absolute Gasteiger partial charge is 0.472 e. The molecule has 3 N–H and O–H groups in total. The van der Waals surface area contributed by atoms with E-state index in [0.29, 0.717) is 25.7 Å². The van der Waals surface area contributed by atoms with E-state index in [1.165, 1.54) is 122 Å². The molecule has 0 aliphatic heterocycles. The minimum absolute atomic E-state index is 0.0775. The van der Waals surface area contributed by atoms with Gasteiger partial charge in [-0.2, -0.15) is 0 Å². The van der Waals surface area contributed by atoms with E-state index in [9.17, 15) is 43.2 Å². The van der Waals surface area contributed by atoms with Crippen molar-refractivity contribution >= 4 is 39.5 Å². The van der Waals surface area contributed by atoms with Crippen molar-refractivity contribution < 1.29 is 80.2 Å². The highest BCUT2D eigenvalue weighted by Crippen LogP contribution is 2.45. The van der Waals surface area contributed by atoms with Gasteiger partial charge in [-0.15, -0.1) is 0 Å². The van der Waals surface area contributed by atoms with Crippen LogP contribution < -0.4 is 0 Å². The van der Waals surface area contributed by atoms with Crippen molar-refractivity contribution in [3.63, 3.8) is 0 Å². The van der Waals surface area contributed by atoms with Crippen LogP contribution >= 0.6 is 15.6 Å². The average Bonchev–Trinajstić information content (AvgIpc) is 1.25. The second-order valence-electron chi connectivity index (χ2n) is 27.0. The van der Waals surface area contributed by atoms with E-state index in [4.69, 9.17) is 37.0 Å². The summed E-state index contributed by atoms with van der Waals surface area (Å²) in [6.07, 6.45) is 74.4. The van der Waals surface area contributed by atoms with Crippen LogP contribution in [0.5, 0.6) is 0 Å². The van der Waals surface area contributed by atoms with Gasteiger partial charge in [-0.3, -0.25) is 37.3 Å². The molecule has 5 atom stereocenters. The highest BCUT2D eigenvalue weighted by Gasteiger charge is 2.30. The number of aliphatic hydroxyl groups excluding tert-OH is 1. The Hall–Kier alpha value is -3.50. The van der Waals surface area contributed by atoms with Crippen molar-refractivity contribution in [1.29, 1.82) is 0 Å². The number of phosphoric ester groups is 2. The zero-order valence-electron chi connectivity index (χ0n) is 63.6. The third-order valence-electron chi connectivity index (χ3n) is 17.1. The number of phosphoric acid groups is 2. The molecule has 2 unspecified atom stereocenters. The topological polar surface area (TPSA) is 237 Å². The first-order valence-electron chi connectivity index (χ1n) is 40.2. The lowest BCUT2D eigenvalue weighted by molar-refractivity contribution is -0.161. The fourth-order valence-corrected chi connectivity index (χ4v) is 12.5. The second-order valence-corrected chi connectivity index (χ2v) is 29.9. The highest BCUT2D eigenvalue weighted by atomic mass is 31.2. The Kier molecular flexibility index (Phi) is 71.2. The van der Waals surface area contributed by atoms with Crippen LogP contribution in [0.3, 0.4) is 0 Å². The third kappa shape index (κ3) is 72.8. The summed E-state index contributed by atoms with van der Waals surface area (Å²) in [5.41, 5.74) is 0. The summed E-state index contributed by atoms with van der Waals surface area (Å²) in [7, 11) is -9.96. The van der Waals surface area contributed by atoms with Gasteiger partial charge in [0.05, 0.1) is 26.4 Å². The van der Waals surface area contributed by atoms with E-state index in [2.05, 4.69) is 101 Å². The van der Waals surface area contributed by atoms with Gasteiger partial charge in [0.2, 0.25) is 0 Å². The summed E-state index contributed by atoms with van der Waals surface area (Å²) in [5, 5.41) is 10.6. The minimum Gasteiger partial charge on any atom is -0.462 e. The molecule has 582 valence electrons. The van der Waals surface area contributed by atoms with Gasteiger partial charge in [0.1, 0.15) is 19.3 Å². The van der Waals surface area contributed by atoms with Crippen molar-refractivity contribution in [1.82, 2.24) is 0 Å². The van der Waals surface area contributed by atoms with Crippen molar-refractivity contribution in [2.24, 2.45) is 0 Å². The van der Waals surface area contributed by atoms with Crippen LogP contribution in [-0.2, 0) is 65.4 Å². The molecular weight excluding hydrogens is 1310 g/mol. The molecule has 100 heavy (non-hydrogen) atoms. The number of esters is 4. The zero-order valence-corrected chi connectivity index (χ0v) is 65.4. The maximum atomic E-state index is 13.1. The summed E-state index contributed by atoms with van der Waals surface area (Å²) in [6.45, 7) is 4.82. The Labute approximate surface area is 609 Å². The zero-order chi connectivity index (χ0) is 73.2. The van der Waals surface area contributed by atoms with Gasteiger partial charge in [0, 0.05) is 25.7 Å². The van der Waals surface area contributed by atoms with Gasteiger partial charge >= 0.3 is 39.5 Å². The number of carbonyl (C=O) groups excluding carboxylic acids is 4. The Morgan fingerprint density at radius 3 is 0.840 bits per heavy atom. The predicted octanol–water partition coefficient (Wildman–Crippen LogP) is 23.2. The van der Waals surface area contributed by atoms with E-state index in [-0.39, 0.29) is 25.7 Å². The molecule has 0 saturated carbocycles. The number of hydrogen-bond donors (Lipinski definition) is 3. The van der Waals surface area contributed by atoms with Crippen molar-refractivity contribution in [2.45, 2.75) is 380 Å². The molecule has 0 spiro atoms. The van der Waals surface area contributed by atoms with E-state index in [0.717, 1.165) is 161 Å². The molecule has 0 aromatic carbocycles. The molecule has 0 radical (unpaired) electrons. The molecule has 17 nitrogen and oxygen atoms in total. The molecule has 0 fully saturated rings. The summed E-state index contributed by atoms with van der Waals surface area (Å²) in [6, 6.07) is 0. The molecule has 0 rings (SSSR count). The maximum absolute atomic E-state index is 13.1. The van der Waals surface area contributed by atoms with E-state index in [1.807, 2.05) is 0 Å². The number of ether oxygens (including phenoxy) is 4. The van der Waals surface area contributed by atoms with E-state index >= 15 is 0 Å². The molecule has 0 aromatic rings. The molecule has 0 aliphatic carbocycles. The molecule has 0 aromatic heterocycles. The van der Waals surface area contributed by atoms with Crippen LogP contribution in [0.15, 0.2) is 72.9 Å². The molecule has 0 aliphatic rings. The fourth-order valence-electron chi connectivity index (χ4n) is 10.9. The maximum Gasteiger partial charge on any atom is 0.472 e. The number of aliphatic hydroxyl groups is 1. The molecule has 0 heterocycles. The first kappa shape index (κ1) is 96.5. The number of carbonyl (C=O) groups is 4.